The van der Waals surface area contributed by atoms with E-state index in [-0.39, 0.29) is 22.1 Å². The predicted octanol–water partition coefficient (Wildman–Crippen LogP) is 4.45. The van der Waals surface area contributed by atoms with Gasteiger partial charge >= 0.3 is 5.97 Å². The number of aromatic nitrogens is 1. The van der Waals surface area contributed by atoms with Crippen LogP contribution in [0.4, 0.5) is 4.39 Å². The summed E-state index contributed by atoms with van der Waals surface area (Å²) in [5.41, 5.74) is 1.82. The molecule has 0 aliphatic heterocycles. The quantitative estimate of drug-likeness (QED) is 0.448. The summed E-state index contributed by atoms with van der Waals surface area (Å²) in [6, 6.07) is 4.15. The molecule has 0 fully saturated rings. The zero-order valence-corrected chi connectivity index (χ0v) is 16.1. The lowest BCUT2D eigenvalue weighted by Gasteiger charge is -2.10. The van der Waals surface area contributed by atoms with Crippen LogP contribution >= 0.6 is 11.6 Å². The number of rotatable bonds is 6. The van der Waals surface area contributed by atoms with Gasteiger partial charge in [0.1, 0.15) is 5.82 Å². The van der Waals surface area contributed by atoms with Gasteiger partial charge in [-0.05, 0) is 51.5 Å². The molecule has 0 spiro atoms. The summed E-state index contributed by atoms with van der Waals surface area (Å²) < 4.78 is 18.8. The zero-order chi connectivity index (χ0) is 20.3. The minimum absolute atomic E-state index is 0.0528. The Labute approximate surface area is 161 Å². The van der Waals surface area contributed by atoms with Gasteiger partial charge in [-0.1, -0.05) is 17.7 Å². The molecule has 2 aromatic rings. The molecule has 0 amide bonds. The zero-order valence-electron chi connectivity index (χ0n) is 15.4. The van der Waals surface area contributed by atoms with Crippen LogP contribution in [0.5, 0.6) is 0 Å². The Hall–Kier alpha value is -2.73. The fourth-order valence-electron chi connectivity index (χ4n) is 2.82. The highest BCUT2D eigenvalue weighted by atomic mass is 35.5. The first-order chi connectivity index (χ1) is 12.6. The predicted molar refractivity (Wildman–Crippen MR) is 101 cm³/mol. The third-order valence-electron chi connectivity index (χ3n) is 4.08. The van der Waals surface area contributed by atoms with Crippen LogP contribution in [0.2, 0.25) is 5.02 Å². The number of ether oxygens (including phenoxy) is 1. The van der Waals surface area contributed by atoms with E-state index < -0.39 is 23.7 Å². The number of aryl methyl sites for hydroxylation is 1. The number of hydrogen-bond acceptors (Lipinski definition) is 4. The van der Waals surface area contributed by atoms with E-state index in [0.29, 0.717) is 16.8 Å². The highest BCUT2D eigenvalue weighted by Crippen LogP contribution is 2.22. The van der Waals surface area contributed by atoms with Gasteiger partial charge in [0, 0.05) is 22.9 Å². The number of aromatic amines is 1. The van der Waals surface area contributed by atoms with Crippen LogP contribution in [0.1, 0.15) is 51.5 Å². The van der Waals surface area contributed by atoms with Crippen LogP contribution in [-0.2, 0) is 9.53 Å². The Morgan fingerprint density at radius 2 is 1.93 bits per heavy atom. The fourth-order valence-corrected chi connectivity index (χ4v) is 3.04. The molecule has 27 heavy (non-hydrogen) atoms. The van der Waals surface area contributed by atoms with Crippen LogP contribution in [0.15, 0.2) is 24.3 Å². The van der Waals surface area contributed by atoms with Crippen LogP contribution in [0.3, 0.4) is 0 Å². The summed E-state index contributed by atoms with van der Waals surface area (Å²) in [7, 11) is 0. The average molecular weight is 392 g/mol. The Balaban J connectivity index is 2.13. The maximum atomic E-state index is 13.7. The first-order valence-electron chi connectivity index (χ1n) is 8.20. The lowest BCUT2D eigenvalue weighted by molar-refractivity contribution is -0.140. The molecule has 0 saturated heterocycles. The average Bonchev–Trinajstić information content (AvgIpc) is 2.88. The second-order valence-electron chi connectivity index (χ2n) is 6.09. The second kappa shape index (κ2) is 8.31. The largest absolute Gasteiger partial charge is 0.451 e. The standard InChI is InChI=1S/C20H19ClFNO4/c1-10-18(12(3)24)11(2)23-19(10)20(26)13(4)27-17(25)9-8-14-15(21)6-5-7-16(14)22/h5-9,13,23H,1-4H3/b9-8+/t13-/m0/s1. The summed E-state index contributed by atoms with van der Waals surface area (Å²) in [5, 5.41) is 0.150. The summed E-state index contributed by atoms with van der Waals surface area (Å²) in [6.07, 6.45) is 1.10. The Morgan fingerprint density at radius 3 is 2.48 bits per heavy atom. The Morgan fingerprint density at radius 1 is 1.26 bits per heavy atom. The van der Waals surface area contributed by atoms with Crippen molar-refractivity contribution in [1.82, 2.24) is 4.98 Å². The number of carbonyl (C=O) groups is 3. The van der Waals surface area contributed by atoms with E-state index in [2.05, 4.69) is 4.98 Å². The molecule has 2 rings (SSSR count). The van der Waals surface area contributed by atoms with Crippen molar-refractivity contribution in [3.05, 3.63) is 63.2 Å². The van der Waals surface area contributed by atoms with Gasteiger partial charge in [0.15, 0.2) is 11.9 Å². The fraction of sp³-hybridized carbons (Fsp3) is 0.250. The maximum Gasteiger partial charge on any atom is 0.331 e. The molecule has 1 heterocycles. The first kappa shape index (κ1) is 20.6. The minimum atomic E-state index is -1.09. The lowest BCUT2D eigenvalue weighted by Crippen LogP contribution is -2.24. The van der Waals surface area contributed by atoms with Gasteiger partial charge in [0.2, 0.25) is 5.78 Å². The molecule has 7 heteroatoms. The van der Waals surface area contributed by atoms with Crippen molar-refractivity contribution in [1.29, 1.82) is 0 Å². The molecule has 0 aliphatic rings. The highest BCUT2D eigenvalue weighted by molar-refractivity contribution is 6.32. The second-order valence-corrected chi connectivity index (χ2v) is 6.50. The van der Waals surface area contributed by atoms with Gasteiger partial charge in [-0.15, -0.1) is 0 Å². The van der Waals surface area contributed by atoms with Crippen molar-refractivity contribution < 1.29 is 23.5 Å². The number of nitrogens with one attached hydrogen (secondary N) is 1. The summed E-state index contributed by atoms with van der Waals surface area (Å²) in [5.74, 6) is -2.02. The van der Waals surface area contributed by atoms with Gasteiger partial charge in [-0.25, -0.2) is 9.18 Å². The number of esters is 1. The molecular formula is C20H19ClFNO4. The number of carbonyl (C=O) groups excluding carboxylic acids is 3. The van der Waals surface area contributed by atoms with Crippen molar-refractivity contribution in [3.8, 4) is 0 Å². The Kier molecular flexibility index (Phi) is 6.33. The molecule has 1 N–H and O–H groups in total. The lowest BCUT2D eigenvalue weighted by atomic mass is 10.0. The number of H-pyrrole nitrogens is 1. The van der Waals surface area contributed by atoms with E-state index in [1.165, 1.54) is 38.1 Å². The molecular weight excluding hydrogens is 373 g/mol. The number of hydrogen-bond donors (Lipinski definition) is 1. The highest BCUT2D eigenvalue weighted by Gasteiger charge is 2.25. The van der Waals surface area contributed by atoms with Crippen LogP contribution in [0, 0.1) is 19.7 Å². The van der Waals surface area contributed by atoms with Gasteiger partial charge < -0.3 is 9.72 Å². The van der Waals surface area contributed by atoms with E-state index in [1.807, 2.05) is 0 Å². The van der Waals surface area contributed by atoms with E-state index in [9.17, 15) is 18.8 Å². The van der Waals surface area contributed by atoms with E-state index >= 15 is 0 Å². The van der Waals surface area contributed by atoms with Gasteiger partial charge in [0.25, 0.3) is 0 Å². The van der Waals surface area contributed by atoms with Crippen LogP contribution in [0.25, 0.3) is 6.08 Å². The van der Waals surface area contributed by atoms with Crippen molar-refractivity contribution >= 4 is 35.2 Å². The molecule has 1 atom stereocenters. The van der Waals surface area contributed by atoms with Crippen molar-refractivity contribution in [2.24, 2.45) is 0 Å². The molecule has 0 saturated carbocycles. The van der Waals surface area contributed by atoms with Crippen molar-refractivity contribution in [3.63, 3.8) is 0 Å². The van der Waals surface area contributed by atoms with E-state index in [0.717, 1.165) is 6.08 Å². The smallest absolute Gasteiger partial charge is 0.331 e. The molecule has 0 bridgehead atoms. The molecule has 1 aromatic heterocycles. The van der Waals surface area contributed by atoms with E-state index in [1.54, 1.807) is 13.8 Å². The topological polar surface area (TPSA) is 76.2 Å². The summed E-state index contributed by atoms with van der Waals surface area (Å²) in [4.78, 5) is 39.1. The van der Waals surface area contributed by atoms with Gasteiger partial charge in [0.05, 0.1) is 10.7 Å². The van der Waals surface area contributed by atoms with Gasteiger partial charge in [-0.2, -0.15) is 0 Å². The molecule has 0 unspecified atom stereocenters. The molecule has 5 nitrogen and oxygen atoms in total. The summed E-state index contributed by atoms with van der Waals surface area (Å²) in [6.45, 7) is 6.19. The number of halogens is 2. The molecule has 1 aromatic carbocycles. The number of Topliss-reactive ketones (excluding diaryl/α,β-unsaturated/α-hetero) is 2. The normalized spacial score (nSPS) is 12.2. The molecule has 142 valence electrons. The molecule has 0 radical (unpaired) electrons. The number of benzene rings is 1. The van der Waals surface area contributed by atoms with Crippen LogP contribution in [-0.4, -0.2) is 28.6 Å². The number of ketones is 2. The molecule has 0 aliphatic carbocycles. The van der Waals surface area contributed by atoms with E-state index in [4.69, 9.17) is 16.3 Å². The third-order valence-corrected chi connectivity index (χ3v) is 4.41. The summed E-state index contributed by atoms with van der Waals surface area (Å²) >= 11 is 5.88. The SMILES string of the molecule is CC(=O)c1c(C)[nH]c(C(=O)[C@H](C)OC(=O)/C=C/c2c(F)cccc2Cl)c1C. The third kappa shape index (κ3) is 4.52. The Bertz CT molecular complexity index is 925. The van der Waals surface area contributed by atoms with Crippen molar-refractivity contribution in [2.45, 2.75) is 33.8 Å². The van der Waals surface area contributed by atoms with Gasteiger partial charge in [-0.3, -0.25) is 9.59 Å². The van der Waals surface area contributed by atoms with Crippen LogP contribution < -0.4 is 0 Å². The maximum absolute atomic E-state index is 13.7. The minimum Gasteiger partial charge on any atom is -0.451 e. The van der Waals surface area contributed by atoms with Crippen molar-refractivity contribution in [2.75, 3.05) is 0 Å². The monoisotopic (exact) mass is 391 g/mol. The first-order valence-corrected chi connectivity index (χ1v) is 8.58.